The van der Waals surface area contributed by atoms with E-state index in [9.17, 15) is 14.4 Å². The fourth-order valence-corrected chi connectivity index (χ4v) is 5.79. The Labute approximate surface area is 209 Å². The summed E-state index contributed by atoms with van der Waals surface area (Å²) in [4.78, 5) is 46.6. The molecule has 1 N–H and O–H groups in total. The first-order valence-electron chi connectivity index (χ1n) is 12.0. The number of methoxy groups -OCH3 is 1. The first kappa shape index (κ1) is 22.2. The summed E-state index contributed by atoms with van der Waals surface area (Å²) >= 11 is 0. The number of urea groups is 1. The summed E-state index contributed by atoms with van der Waals surface area (Å²) in [6, 6.07) is 23.4. The van der Waals surface area contributed by atoms with E-state index >= 15 is 0 Å². The van der Waals surface area contributed by atoms with Crippen molar-refractivity contribution >= 4 is 34.9 Å². The number of ether oxygens (including phenoxy) is 1. The monoisotopic (exact) mass is 482 g/mol. The van der Waals surface area contributed by atoms with Crippen molar-refractivity contribution in [3.63, 3.8) is 0 Å². The van der Waals surface area contributed by atoms with Crippen LogP contribution in [0.25, 0.3) is 0 Å². The second-order valence-electron chi connectivity index (χ2n) is 9.37. The molecule has 1 spiro atoms. The molecule has 0 unspecified atom stereocenters. The van der Waals surface area contributed by atoms with Gasteiger partial charge in [0.2, 0.25) is 5.91 Å². The number of barbiturate groups is 1. The summed E-state index contributed by atoms with van der Waals surface area (Å²) in [7, 11) is 1.55. The van der Waals surface area contributed by atoms with Gasteiger partial charge in [0.15, 0.2) is 5.41 Å². The molecule has 0 saturated carbocycles. The van der Waals surface area contributed by atoms with Crippen LogP contribution in [-0.2, 0) is 16.0 Å². The summed E-state index contributed by atoms with van der Waals surface area (Å²) in [6.45, 7) is 1.87. The quantitative estimate of drug-likeness (QED) is 0.578. The van der Waals surface area contributed by atoms with Crippen LogP contribution in [0.15, 0.2) is 78.9 Å². The van der Waals surface area contributed by atoms with Crippen molar-refractivity contribution in [3.8, 4) is 5.75 Å². The zero-order valence-electron chi connectivity index (χ0n) is 19.9. The number of carbonyl (C=O) groups excluding carboxylic acids is 3. The van der Waals surface area contributed by atoms with Crippen molar-refractivity contribution in [3.05, 3.63) is 84.4 Å². The predicted molar refractivity (Wildman–Crippen MR) is 136 cm³/mol. The molecule has 4 amide bonds. The molecule has 0 radical (unpaired) electrons. The van der Waals surface area contributed by atoms with E-state index in [1.54, 1.807) is 31.4 Å². The lowest BCUT2D eigenvalue weighted by molar-refractivity contribution is -0.144. The number of anilines is 3. The largest absolute Gasteiger partial charge is 0.497 e. The number of amides is 4. The molecule has 3 aromatic rings. The van der Waals surface area contributed by atoms with E-state index < -0.39 is 29.3 Å². The van der Waals surface area contributed by atoms with Gasteiger partial charge in [-0.1, -0.05) is 36.4 Å². The Morgan fingerprint density at radius 1 is 0.861 bits per heavy atom. The van der Waals surface area contributed by atoms with E-state index in [0.717, 1.165) is 28.4 Å². The standard InChI is InChI=1S/C28H26N4O4/c1-36-22-13-11-21(12-14-22)32-26(34)28(25(33)29-27(32)35)17-19-7-5-6-10-23(19)31-16-15-30(18-24(28)31)20-8-3-2-4-9-20/h2-14,24H,15-18H2,1H3,(H,29,33,35)/t24-,28+/m1/s1. The van der Waals surface area contributed by atoms with Crippen molar-refractivity contribution in [1.29, 1.82) is 0 Å². The van der Waals surface area contributed by atoms with Crippen molar-refractivity contribution in [2.75, 3.05) is 41.4 Å². The van der Waals surface area contributed by atoms with Gasteiger partial charge in [0, 0.05) is 31.0 Å². The molecule has 3 aromatic carbocycles. The second-order valence-corrected chi connectivity index (χ2v) is 9.37. The van der Waals surface area contributed by atoms with Crippen LogP contribution in [0.1, 0.15) is 5.56 Å². The highest BCUT2D eigenvalue weighted by molar-refractivity contribution is 6.30. The van der Waals surface area contributed by atoms with E-state index in [0.29, 0.717) is 24.5 Å². The highest BCUT2D eigenvalue weighted by Gasteiger charge is 2.63. The zero-order chi connectivity index (χ0) is 24.9. The average Bonchev–Trinajstić information content (AvgIpc) is 2.92. The van der Waals surface area contributed by atoms with Crippen LogP contribution >= 0.6 is 0 Å². The minimum atomic E-state index is -1.46. The highest BCUT2D eigenvalue weighted by atomic mass is 16.5. The third-order valence-corrected chi connectivity index (χ3v) is 7.58. The normalized spacial score (nSPS) is 23.3. The number of imide groups is 2. The van der Waals surface area contributed by atoms with Crippen LogP contribution in [0, 0.1) is 5.41 Å². The smallest absolute Gasteiger partial charge is 0.335 e. The number of para-hydroxylation sites is 2. The highest BCUT2D eigenvalue weighted by Crippen LogP contribution is 2.46. The lowest BCUT2D eigenvalue weighted by atomic mass is 9.67. The van der Waals surface area contributed by atoms with E-state index in [1.165, 1.54) is 0 Å². The molecule has 0 aromatic heterocycles. The second kappa shape index (κ2) is 8.41. The topological polar surface area (TPSA) is 82.2 Å². The molecule has 182 valence electrons. The van der Waals surface area contributed by atoms with Gasteiger partial charge in [-0.25, -0.2) is 9.69 Å². The van der Waals surface area contributed by atoms with Crippen molar-refractivity contribution in [2.24, 2.45) is 5.41 Å². The maximum absolute atomic E-state index is 14.4. The van der Waals surface area contributed by atoms with Crippen LogP contribution in [-0.4, -0.2) is 50.6 Å². The number of carbonyl (C=O) groups is 3. The van der Waals surface area contributed by atoms with E-state index in [1.807, 2.05) is 54.6 Å². The van der Waals surface area contributed by atoms with Crippen LogP contribution in [0.4, 0.5) is 21.9 Å². The molecule has 0 aliphatic carbocycles. The molecule has 6 rings (SSSR count). The number of nitrogens with zero attached hydrogens (tertiary/aromatic N) is 3. The third-order valence-electron chi connectivity index (χ3n) is 7.58. The Morgan fingerprint density at radius 3 is 2.33 bits per heavy atom. The van der Waals surface area contributed by atoms with E-state index in [-0.39, 0.29) is 6.42 Å². The fraction of sp³-hybridized carbons (Fsp3) is 0.250. The predicted octanol–water partition coefficient (Wildman–Crippen LogP) is 3.22. The van der Waals surface area contributed by atoms with Crippen LogP contribution in [0.2, 0.25) is 0 Å². The fourth-order valence-electron chi connectivity index (χ4n) is 5.79. The van der Waals surface area contributed by atoms with Gasteiger partial charge in [0.1, 0.15) is 5.75 Å². The number of hydrogen-bond donors (Lipinski definition) is 1. The Hall–Kier alpha value is -4.33. The molecule has 3 aliphatic rings. The summed E-state index contributed by atoms with van der Waals surface area (Å²) in [5.41, 5.74) is 1.93. The maximum Gasteiger partial charge on any atom is 0.335 e. The summed E-state index contributed by atoms with van der Waals surface area (Å²) in [5.74, 6) is -0.430. The lowest BCUT2D eigenvalue weighted by Gasteiger charge is -2.55. The average molecular weight is 483 g/mol. The Bertz CT molecular complexity index is 1340. The number of nitrogens with one attached hydrogen (secondary N) is 1. The number of rotatable bonds is 3. The molecule has 2 saturated heterocycles. The van der Waals surface area contributed by atoms with Gasteiger partial charge in [-0.15, -0.1) is 0 Å². The minimum Gasteiger partial charge on any atom is -0.497 e. The van der Waals surface area contributed by atoms with Gasteiger partial charge in [0.25, 0.3) is 5.91 Å². The molecule has 36 heavy (non-hydrogen) atoms. The summed E-state index contributed by atoms with van der Waals surface area (Å²) in [6.07, 6.45) is 0.220. The lowest BCUT2D eigenvalue weighted by Crippen LogP contribution is -2.75. The van der Waals surface area contributed by atoms with Crippen LogP contribution in [0.3, 0.4) is 0 Å². The first-order chi connectivity index (χ1) is 17.5. The number of benzene rings is 3. The van der Waals surface area contributed by atoms with Gasteiger partial charge in [-0.2, -0.15) is 0 Å². The minimum absolute atomic E-state index is 0.220. The third kappa shape index (κ3) is 3.25. The zero-order valence-corrected chi connectivity index (χ0v) is 19.9. The van der Waals surface area contributed by atoms with Crippen LogP contribution < -0.4 is 24.8 Å². The Balaban J connectivity index is 1.47. The molecule has 2 atom stereocenters. The van der Waals surface area contributed by atoms with E-state index in [4.69, 9.17) is 4.74 Å². The number of fused-ring (bicyclic) bond motifs is 4. The Morgan fingerprint density at radius 2 is 1.58 bits per heavy atom. The van der Waals surface area contributed by atoms with Gasteiger partial charge in [0.05, 0.1) is 18.8 Å². The maximum atomic E-state index is 14.4. The summed E-state index contributed by atoms with van der Waals surface area (Å²) in [5, 5.41) is 2.52. The summed E-state index contributed by atoms with van der Waals surface area (Å²) < 4.78 is 5.23. The SMILES string of the molecule is COc1ccc(N2C(=O)NC(=O)[C@@]3(Cc4ccccc4N4CCN(c5ccccc5)C[C@@H]43)C2=O)cc1. The molecule has 3 heterocycles. The van der Waals surface area contributed by atoms with Gasteiger partial charge < -0.3 is 14.5 Å². The molecular weight excluding hydrogens is 456 g/mol. The molecule has 8 nitrogen and oxygen atoms in total. The molecule has 2 fully saturated rings. The number of hydrogen-bond acceptors (Lipinski definition) is 6. The van der Waals surface area contributed by atoms with Crippen LogP contribution in [0.5, 0.6) is 5.75 Å². The van der Waals surface area contributed by atoms with E-state index in [2.05, 4.69) is 15.1 Å². The van der Waals surface area contributed by atoms with Crippen molar-refractivity contribution in [1.82, 2.24) is 5.32 Å². The molecular formula is C28H26N4O4. The van der Waals surface area contributed by atoms with Gasteiger partial charge in [-0.3, -0.25) is 14.9 Å². The molecule has 0 bridgehead atoms. The molecule has 8 heteroatoms. The van der Waals surface area contributed by atoms with Crippen molar-refractivity contribution < 1.29 is 19.1 Å². The number of piperazine rings is 1. The van der Waals surface area contributed by atoms with Gasteiger partial charge in [-0.05, 0) is 54.4 Å². The van der Waals surface area contributed by atoms with Gasteiger partial charge >= 0.3 is 6.03 Å². The first-order valence-corrected chi connectivity index (χ1v) is 12.0. The molecule has 3 aliphatic heterocycles. The Kier molecular flexibility index (Phi) is 5.17. The van der Waals surface area contributed by atoms with Crippen molar-refractivity contribution in [2.45, 2.75) is 12.5 Å².